The van der Waals surface area contributed by atoms with E-state index >= 15 is 0 Å². The fraction of sp³-hybridized carbons (Fsp3) is 0.375. The van der Waals surface area contributed by atoms with Crippen LogP contribution in [0.1, 0.15) is 36.9 Å². The van der Waals surface area contributed by atoms with Gasteiger partial charge in [0.05, 0.1) is 41.5 Å². The van der Waals surface area contributed by atoms with Crippen LogP contribution in [0.2, 0.25) is 5.02 Å². The Balaban J connectivity index is 1.52. The van der Waals surface area contributed by atoms with Crippen LogP contribution in [0.4, 0.5) is 4.39 Å². The lowest BCUT2D eigenvalue weighted by Crippen LogP contribution is -2.38. The molecule has 5 heterocycles. The molecule has 0 bridgehead atoms. The average Bonchev–Trinajstić information content (AvgIpc) is 3.45. The third-order valence-electron chi connectivity index (χ3n) is 6.56. The van der Waals surface area contributed by atoms with Gasteiger partial charge >= 0.3 is 0 Å². The van der Waals surface area contributed by atoms with Crippen LogP contribution in [-0.4, -0.2) is 59.3 Å². The third kappa shape index (κ3) is 4.34. The van der Waals surface area contributed by atoms with E-state index in [0.717, 1.165) is 18.3 Å². The van der Waals surface area contributed by atoms with Crippen molar-refractivity contribution in [2.24, 2.45) is 5.92 Å². The number of aromatic nitrogens is 6. The number of aliphatic hydroxyl groups is 1. The molecule has 1 aliphatic rings. The summed E-state index contributed by atoms with van der Waals surface area (Å²) >= 11 is 6.40. The fourth-order valence-electron chi connectivity index (χ4n) is 4.70. The number of nitrogens with zero attached hydrogens (tertiary/aromatic N) is 8. The Morgan fingerprint density at radius 1 is 1.36 bits per heavy atom. The predicted octanol–water partition coefficient (Wildman–Crippen LogP) is 3.57. The number of halogens is 2. The Morgan fingerprint density at radius 3 is 2.89 bits per heavy atom. The first-order valence-electron chi connectivity index (χ1n) is 11.5. The molecule has 1 saturated heterocycles. The van der Waals surface area contributed by atoms with Crippen LogP contribution in [0.3, 0.4) is 0 Å². The van der Waals surface area contributed by atoms with Crippen molar-refractivity contribution in [2.45, 2.75) is 32.4 Å². The molecule has 1 unspecified atom stereocenters. The van der Waals surface area contributed by atoms with Crippen molar-refractivity contribution in [3.63, 3.8) is 0 Å². The number of likely N-dealkylation sites (tertiary alicyclic amines) is 1. The van der Waals surface area contributed by atoms with Crippen molar-refractivity contribution in [2.75, 3.05) is 19.7 Å². The van der Waals surface area contributed by atoms with E-state index < -0.39 is 11.9 Å². The molecule has 1 N–H and O–H groups in total. The predicted molar refractivity (Wildman–Crippen MR) is 129 cm³/mol. The highest BCUT2D eigenvalue weighted by Gasteiger charge is 2.30. The molecule has 4 aromatic rings. The van der Waals surface area contributed by atoms with Gasteiger partial charge in [-0.25, -0.2) is 13.6 Å². The highest BCUT2D eigenvalue weighted by atomic mass is 35.5. The lowest BCUT2D eigenvalue weighted by atomic mass is 9.94. The second-order valence-electron chi connectivity index (χ2n) is 8.92. The van der Waals surface area contributed by atoms with Crippen LogP contribution >= 0.6 is 11.6 Å². The van der Waals surface area contributed by atoms with Gasteiger partial charge in [-0.1, -0.05) is 23.7 Å². The van der Waals surface area contributed by atoms with Crippen molar-refractivity contribution in [3.8, 4) is 23.2 Å². The minimum atomic E-state index is -0.849. The quantitative estimate of drug-likeness (QED) is 0.391. The molecule has 0 aromatic carbocycles. The van der Waals surface area contributed by atoms with E-state index in [-0.39, 0.29) is 18.6 Å². The number of pyridine rings is 2. The Morgan fingerprint density at radius 2 is 2.19 bits per heavy atom. The Hall–Kier alpha value is -3.75. The van der Waals surface area contributed by atoms with Crippen molar-refractivity contribution < 1.29 is 14.2 Å². The van der Waals surface area contributed by atoms with E-state index in [4.69, 9.17) is 16.3 Å². The van der Waals surface area contributed by atoms with Crippen LogP contribution in [-0.2, 0) is 0 Å². The summed E-state index contributed by atoms with van der Waals surface area (Å²) in [5.74, 6) is 0.112. The van der Waals surface area contributed by atoms with E-state index in [1.165, 1.54) is 18.3 Å². The van der Waals surface area contributed by atoms with Gasteiger partial charge in [-0.2, -0.15) is 10.4 Å². The minimum absolute atomic E-state index is 0.123. The van der Waals surface area contributed by atoms with Crippen LogP contribution in [0, 0.1) is 30.1 Å². The number of rotatable bonds is 6. The monoisotopic (exact) mass is 510 g/mol. The molecule has 1 aliphatic heterocycles. The molecular formula is C24H24ClFN8O2. The molecule has 0 radical (unpaired) electrons. The average molecular weight is 511 g/mol. The first-order chi connectivity index (χ1) is 17.4. The van der Waals surface area contributed by atoms with Gasteiger partial charge < -0.3 is 14.7 Å². The van der Waals surface area contributed by atoms with Crippen molar-refractivity contribution >= 4 is 17.1 Å². The summed E-state index contributed by atoms with van der Waals surface area (Å²) in [5, 5.41) is 32.8. The SMILES string of the molecule is Cc1c(-c2cc(OC(CO)c3ccc(F)cn3)c3c(Cl)cnn3c2)nnn1[C@H]1CCN(C#N)C[C@@H]1C. The van der Waals surface area contributed by atoms with Gasteiger partial charge in [0.15, 0.2) is 12.3 Å². The smallest absolute Gasteiger partial charge is 0.179 e. The molecule has 10 nitrogen and oxygen atoms in total. The molecule has 36 heavy (non-hydrogen) atoms. The van der Waals surface area contributed by atoms with Crippen molar-refractivity contribution in [1.82, 2.24) is 34.5 Å². The summed E-state index contributed by atoms with van der Waals surface area (Å²) in [5.41, 5.74) is 3.12. The van der Waals surface area contributed by atoms with Crippen molar-refractivity contribution in [3.05, 3.63) is 59.0 Å². The first-order valence-corrected chi connectivity index (χ1v) is 11.9. The minimum Gasteiger partial charge on any atom is -0.479 e. The molecule has 12 heteroatoms. The number of nitriles is 1. The normalized spacial score (nSPS) is 18.8. The van der Waals surface area contributed by atoms with E-state index in [1.807, 2.05) is 11.6 Å². The second kappa shape index (κ2) is 9.72. The van der Waals surface area contributed by atoms with Gasteiger partial charge in [0.2, 0.25) is 0 Å². The van der Waals surface area contributed by atoms with E-state index in [9.17, 15) is 14.8 Å². The van der Waals surface area contributed by atoms with E-state index in [2.05, 4.69) is 33.5 Å². The summed E-state index contributed by atoms with van der Waals surface area (Å²) in [6.07, 6.45) is 6.54. The summed E-state index contributed by atoms with van der Waals surface area (Å²) in [6.45, 7) is 5.03. The molecule has 0 spiro atoms. The highest BCUT2D eigenvalue weighted by molar-refractivity contribution is 6.34. The van der Waals surface area contributed by atoms with E-state index in [1.54, 1.807) is 21.7 Å². The Bertz CT molecular complexity index is 1430. The first kappa shape index (κ1) is 24.0. The number of ether oxygens (including phenoxy) is 1. The topological polar surface area (TPSA) is 117 Å². The number of hydrogen-bond donors (Lipinski definition) is 1. The maximum Gasteiger partial charge on any atom is 0.179 e. The number of aliphatic hydroxyl groups excluding tert-OH is 1. The molecular weight excluding hydrogens is 487 g/mol. The summed E-state index contributed by atoms with van der Waals surface area (Å²) in [4.78, 5) is 5.80. The number of piperidine rings is 1. The van der Waals surface area contributed by atoms with Gasteiger partial charge in [-0.05, 0) is 37.5 Å². The standard InChI is InChI=1S/C24H24ClFN8O2/c1-14-10-32(13-27)6-5-20(14)34-15(2)23(30-31-34)16-7-21(24-18(25)9-29-33(24)11-16)36-22(12-35)19-4-3-17(26)8-28-19/h3-4,7-9,11,14,20,22,35H,5-6,10,12H2,1-2H3/t14-,20-,22?/m0/s1. The maximum absolute atomic E-state index is 13.4. The zero-order valence-corrected chi connectivity index (χ0v) is 20.5. The summed E-state index contributed by atoms with van der Waals surface area (Å²) in [6, 6.07) is 4.62. The lowest BCUT2D eigenvalue weighted by molar-refractivity contribution is 0.114. The van der Waals surface area contributed by atoms with Crippen LogP contribution in [0.15, 0.2) is 36.8 Å². The molecule has 0 amide bonds. The molecule has 3 atom stereocenters. The van der Waals surface area contributed by atoms with Crippen LogP contribution in [0.5, 0.6) is 5.75 Å². The third-order valence-corrected chi connectivity index (χ3v) is 6.84. The second-order valence-corrected chi connectivity index (χ2v) is 9.32. The van der Waals surface area contributed by atoms with Crippen LogP contribution in [0.25, 0.3) is 16.8 Å². The highest BCUT2D eigenvalue weighted by Crippen LogP contribution is 2.36. The zero-order chi connectivity index (χ0) is 25.4. The molecule has 186 valence electrons. The molecule has 5 rings (SSSR count). The lowest BCUT2D eigenvalue weighted by Gasteiger charge is -2.34. The fourth-order valence-corrected chi connectivity index (χ4v) is 4.92. The van der Waals surface area contributed by atoms with Gasteiger partial charge in [0.1, 0.15) is 22.8 Å². The summed E-state index contributed by atoms with van der Waals surface area (Å²) in [7, 11) is 0. The van der Waals surface area contributed by atoms with Crippen LogP contribution < -0.4 is 4.74 Å². The Kier molecular flexibility index (Phi) is 6.47. The van der Waals surface area contributed by atoms with Crippen molar-refractivity contribution in [1.29, 1.82) is 5.26 Å². The zero-order valence-electron chi connectivity index (χ0n) is 19.7. The summed E-state index contributed by atoms with van der Waals surface area (Å²) < 4.78 is 23.0. The molecule has 1 fully saturated rings. The molecule has 0 saturated carbocycles. The van der Waals surface area contributed by atoms with Gasteiger partial charge in [0.25, 0.3) is 0 Å². The van der Waals surface area contributed by atoms with Gasteiger partial charge in [-0.15, -0.1) is 5.10 Å². The number of fused-ring (bicyclic) bond motifs is 1. The molecule has 0 aliphatic carbocycles. The number of hydrogen-bond acceptors (Lipinski definition) is 8. The largest absolute Gasteiger partial charge is 0.479 e. The van der Waals surface area contributed by atoms with Gasteiger partial charge in [-0.3, -0.25) is 4.98 Å². The maximum atomic E-state index is 13.4. The van der Waals surface area contributed by atoms with Gasteiger partial charge in [0, 0.05) is 24.8 Å². The molecule has 4 aromatic heterocycles. The van der Waals surface area contributed by atoms with E-state index in [0.29, 0.717) is 46.3 Å². The Labute approximate surface area is 211 Å².